The Morgan fingerprint density at radius 1 is 1.16 bits per heavy atom. The maximum atomic E-state index is 13.2. The van der Waals surface area contributed by atoms with Crippen LogP contribution in [0.3, 0.4) is 0 Å². The zero-order valence-corrected chi connectivity index (χ0v) is 20.6. The Morgan fingerprint density at radius 3 is 2.49 bits per heavy atom. The summed E-state index contributed by atoms with van der Waals surface area (Å²) in [5, 5.41) is 20.2. The number of aliphatic hydroxyl groups excluding tert-OH is 1. The van der Waals surface area contributed by atoms with Crippen LogP contribution in [0.1, 0.15) is 36.3 Å². The lowest BCUT2D eigenvalue weighted by Gasteiger charge is -2.37. The summed E-state index contributed by atoms with van der Waals surface area (Å²) in [7, 11) is 0. The van der Waals surface area contributed by atoms with Gasteiger partial charge in [-0.2, -0.15) is 5.26 Å². The van der Waals surface area contributed by atoms with Crippen molar-refractivity contribution in [2.75, 3.05) is 26.2 Å². The molecule has 3 fully saturated rings. The third kappa shape index (κ3) is 4.01. The van der Waals surface area contributed by atoms with Crippen molar-refractivity contribution in [3.63, 3.8) is 0 Å². The average molecular weight is 502 g/mol. The van der Waals surface area contributed by atoms with E-state index in [0.717, 1.165) is 6.42 Å². The van der Waals surface area contributed by atoms with Crippen LogP contribution in [0.15, 0.2) is 48.5 Å². The fraction of sp³-hybridized carbons (Fsp3) is 0.464. The number of carbonyl (C=O) groups excluding carboxylic acids is 2. The summed E-state index contributed by atoms with van der Waals surface area (Å²) in [5.41, 5.74) is 10.9. The lowest BCUT2D eigenvalue weighted by atomic mass is 9.98. The largest absolute Gasteiger partial charge is 0.356 e. The van der Waals surface area contributed by atoms with Crippen molar-refractivity contribution >= 4 is 11.8 Å². The zero-order chi connectivity index (χ0) is 25.7. The summed E-state index contributed by atoms with van der Waals surface area (Å²) in [6.45, 7) is 1.41. The first-order valence-corrected chi connectivity index (χ1v) is 13.0. The van der Waals surface area contributed by atoms with E-state index in [-0.39, 0.29) is 30.3 Å². The number of piperazine rings is 1. The second-order valence-electron chi connectivity index (χ2n) is 10.4. The SMILES string of the molecule is N#C[C@@H]1CCCN1C(=O)[C@@H](N)CN1C(=O)[C@@H]2C[C@H]1CN2C(O)OCC1c2ccccc2-c2ccccc21. The Morgan fingerprint density at radius 2 is 1.84 bits per heavy atom. The molecule has 0 spiro atoms. The van der Waals surface area contributed by atoms with E-state index in [2.05, 4.69) is 30.3 Å². The second-order valence-corrected chi connectivity index (χ2v) is 10.4. The van der Waals surface area contributed by atoms with Gasteiger partial charge in [0.25, 0.3) is 0 Å². The summed E-state index contributed by atoms with van der Waals surface area (Å²) in [6.07, 6.45) is 0.819. The van der Waals surface area contributed by atoms with Crippen LogP contribution in [0.4, 0.5) is 0 Å². The first kappa shape index (κ1) is 24.1. The molecule has 2 bridgehead atoms. The molecule has 5 atom stereocenters. The van der Waals surface area contributed by atoms with Gasteiger partial charge in [0.05, 0.1) is 18.7 Å². The molecule has 1 aliphatic carbocycles. The summed E-state index contributed by atoms with van der Waals surface area (Å²) >= 11 is 0. The van der Waals surface area contributed by atoms with E-state index >= 15 is 0 Å². The highest BCUT2D eigenvalue weighted by molar-refractivity contribution is 5.88. The standard InChI is InChI=1S/C28H31N5O4/c29-13-17-6-5-11-31(17)26(34)24(30)15-32-18-12-25(27(32)35)33(14-18)28(36)37-16-23-21-9-3-1-7-19(21)20-8-2-4-10-22(20)23/h1-4,7-10,17-18,23-25,28,36H,5-6,11-12,14-16,30H2/t17-,18-,24-,25-,28?/m0/s1. The minimum Gasteiger partial charge on any atom is -0.356 e. The summed E-state index contributed by atoms with van der Waals surface area (Å²) in [6, 6.07) is 16.7. The highest BCUT2D eigenvalue weighted by Gasteiger charge is 2.52. The van der Waals surface area contributed by atoms with E-state index in [4.69, 9.17) is 10.5 Å². The smallest absolute Gasteiger partial charge is 0.242 e. The molecule has 3 aliphatic heterocycles. The number of rotatable bonds is 7. The number of hydrogen-bond donors (Lipinski definition) is 2. The number of nitrogens with zero attached hydrogens (tertiary/aromatic N) is 4. The number of amides is 2. The van der Waals surface area contributed by atoms with Crippen LogP contribution in [0.5, 0.6) is 0 Å². The monoisotopic (exact) mass is 501 g/mol. The van der Waals surface area contributed by atoms with Gasteiger partial charge in [0.1, 0.15) is 12.1 Å². The lowest BCUT2D eigenvalue weighted by molar-refractivity contribution is -0.207. The van der Waals surface area contributed by atoms with Crippen molar-refractivity contribution < 1.29 is 19.4 Å². The van der Waals surface area contributed by atoms with Crippen LogP contribution in [-0.4, -0.2) is 88.4 Å². The third-order valence-electron chi connectivity index (χ3n) is 8.38. The van der Waals surface area contributed by atoms with Crippen LogP contribution in [-0.2, 0) is 14.3 Å². The molecule has 3 N–H and O–H groups in total. The van der Waals surface area contributed by atoms with E-state index in [9.17, 15) is 20.0 Å². The Hall–Kier alpha value is -3.29. The van der Waals surface area contributed by atoms with Crippen molar-refractivity contribution in [1.29, 1.82) is 5.26 Å². The van der Waals surface area contributed by atoms with Crippen molar-refractivity contribution in [1.82, 2.24) is 14.7 Å². The number of ether oxygens (including phenoxy) is 1. The minimum absolute atomic E-state index is 0.0147. The third-order valence-corrected chi connectivity index (χ3v) is 8.38. The van der Waals surface area contributed by atoms with E-state index < -0.39 is 24.5 Å². The van der Waals surface area contributed by atoms with Crippen LogP contribution < -0.4 is 5.73 Å². The number of aliphatic hydroxyl groups is 1. The Kier molecular flexibility index (Phi) is 6.21. The van der Waals surface area contributed by atoms with Crippen LogP contribution in [0.2, 0.25) is 0 Å². The highest BCUT2D eigenvalue weighted by atomic mass is 16.6. The molecule has 9 nitrogen and oxygen atoms in total. The molecular weight excluding hydrogens is 470 g/mol. The van der Waals surface area contributed by atoms with E-state index in [1.807, 2.05) is 24.3 Å². The maximum Gasteiger partial charge on any atom is 0.242 e. The summed E-state index contributed by atoms with van der Waals surface area (Å²) in [5.74, 6) is -0.408. The molecular formula is C28H31N5O4. The fourth-order valence-corrected chi connectivity index (χ4v) is 6.55. The number of nitriles is 1. The average Bonchev–Trinajstić information content (AvgIpc) is 3.69. The molecule has 37 heavy (non-hydrogen) atoms. The van der Waals surface area contributed by atoms with Gasteiger partial charge in [0.2, 0.25) is 18.2 Å². The quantitative estimate of drug-likeness (QED) is 0.547. The van der Waals surface area contributed by atoms with Crippen LogP contribution in [0.25, 0.3) is 11.1 Å². The van der Waals surface area contributed by atoms with E-state index in [1.54, 1.807) is 9.80 Å². The summed E-state index contributed by atoms with van der Waals surface area (Å²) in [4.78, 5) is 30.9. The van der Waals surface area contributed by atoms with E-state index in [0.29, 0.717) is 32.5 Å². The first-order chi connectivity index (χ1) is 18.0. The Labute approximate surface area is 216 Å². The fourth-order valence-electron chi connectivity index (χ4n) is 6.55. The zero-order valence-electron chi connectivity index (χ0n) is 20.6. The molecule has 3 heterocycles. The molecule has 0 saturated carbocycles. The van der Waals surface area contributed by atoms with Crippen LogP contribution in [0, 0.1) is 11.3 Å². The van der Waals surface area contributed by atoms with Gasteiger partial charge in [-0.3, -0.25) is 9.59 Å². The number of fused-ring (bicyclic) bond motifs is 5. The van der Waals surface area contributed by atoms with Gasteiger partial charge in [0.15, 0.2) is 0 Å². The van der Waals surface area contributed by atoms with Gasteiger partial charge in [-0.05, 0) is 41.5 Å². The predicted molar refractivity (Wildman–Crippen MR) is 135 cm³/mol. The number of hydrogen-bond acceptors (Lipinski definition) is 7. The molecule has 3 saturated heterocycles. The van der Waals surface area contributed by atoms with Crippen LogP contribution >= 0.6 is 0 Å². The predicted octanol–water partition coefficient (Wildman–Crippen LogP) is 1.22. The molecule has 2 aromatic rings. The topological polar surface area (TPSA) is 123 Å². The molecule has 0 aromatic heterocycles. The van der Waals surface area contributed by atoms with Crippen molar-refractivity contribution in [3.05, 3.63) is 59.7 Å². The molecule has 2 amide bonds. The van der Waals surface area contributed by atoms with E-state index in [1.165, 1.54) is 27.2 Å². The number of nitrogens with two attached hydrogens (primary N) is 1. The Bertz CT molecular complexity index is 1220. The molecule has 9 heteroatoms. The summed E-state index contributed by atoms with van der Waals surface area (Å²) < 4.78 is 5.97. The second kappa shape index (κ2) is 9.54. The number of benzene rings is 2. The highest BCUT2D eigenvalue weighted by Crippen LogP contribution is 2.45. The maximum absolute atomic E-state index is 13.2. The molecule has 4 aliphatic rings. The normalized spacial score (nSPS) is 26.3. The lowest BCUT2D eigenvalue weighted by Crippen LogP contribution is -2.58. The first-order valence-electron chi connectivity index (χ1n) is 13.0. The van der Waals surface area contributed by atoms with Crippen molar-refractivity contribution in [2.24, 2.45) is 5.73 Å². The van der Waals surface area contributed by atoms with Crippen molar-refractivity contribution in [2.45, 2.75) is 55.8 Å². The molecule has 2 aromatic carbocycles. The van der Waals surface area contributed by atoms with Gasteiger partial charge in [-0.1, -0.05) is 48.5 Å². The molecule has 1 unspecified atom stereocenters. The molecule has 6 rings (SSSR count). The molecule has 0 radical (unpaired) electrons. The number of likely N-dealkylation sites (tertiary alicyclic amines) is 3. The molecule has 192 valence electrons. The van der Waals surface area contributed by atoms with Crippen molar-refractivity contribution in [3.8, 4) is 17.2 Å². The van der Waals surface area contributed by atoms with Gasteiger partial charge in [-0.15, -0.1) is 0 Å². The number of carbonyl (C=O) groups is 2. The van der Waals surface area contributed by atoms with Gasteiger partial charge < -0.3 is 25.4 Å². The van der Waals surface area contributed by atoms with Gasteiger partial charge >= 0.3 is 0 Å². The minimum atomic E-state index is -1.20. The van der Waals surface area contributed by atoms with Gasteiger partial charge in [0, 0.05) is 31.6 Å². The van der Waals surface area contributed by atoms with Gasteiger partial charge in [-0.25, -0.2) is 4.90 Å². The Balaban J connectivity index is 1.07.